The molecule has 0 spiro atoms. The fourth-order valence-electron chi connectivity index (χ4n) is 2.23. The third-order valence-electron chi connectivity index (χ3n) is 3.46. The lowest BCUT2D eigenvalue weighted by Gasteiger charge is -2.27. The van der Waals surface area contributed by atoms with Crippen LogP contribution in [-0.4, -0.2) is 18.6 Å². The highest BCUT2D eigenvalue weighted by atomic mass is 19.4. The van der Waals surface area contributed by atoms with Gasteiger partial charge < -0.3 is 5.32 Å². The number of carbonyl (C=O) groups is 1. The van der Waals surface area contributed by atoms with Crippen LogP contribution in [0.2, 0.25) is 0 Å². The van der Waals surface area contributed by atoms with Crippen LogP contribution in [0.4, 0.5) is 22.0 Å². The number of benzene rings is 2. The van der Waals surface area contributed by atoms with Crippen LogP contribution in [0, 0.1) is 5.82 Å². The zero-order valence-corrected chi connectivity index (χ0v) is 12.4. The quantitative estimate of drug-likeness (QED) is 0.820. The molecule has 0 radical (unpaired) electrons. The van der Waals surface area contributed by atoms with Gasteiger partial charge in [-0.2, -0.15) is 13.2 Å². The van der Waals surface area contributed by atoms with Crippen molar-refractivity contribution in [3.63, 3.8) is 0 Å². The van der Waals surface area contributed by atoms with E-state index in [4.69, 9.17) is 0 Å². The van der Waals surface area contributed by atoms with E-state index in [2.05, 4.69) is 0 Å². The summed E-state index contributed by atoms with van der Waals surface area (Å²) in [4.78, 5) is 11.9. The molecule has 2 aromatic rings. The van der Waals surface area contributed by atoms with E-state index in [0.29, 0.717) is 5.56 Å². The van der Waals surface area contributed by atoms with Gasteiger partial charge in [-0.15, -0.1) is 0 Å². The molecule has 1 amide bonds. The van der Waals surface area contributed by atoms with E-state index in [-0.39, 0.29) is 13.0 Å². The van der Waals surface area contributed by atoms with Crippen molar-refractivity contribution in [2.75, 3.05) is 6.54 Å². The van der Waals surface area contributed by atoms with Crippen molar-refractivity contribution < 1.29 is 26.7 Å². The second-order valence-corrected chi connectivity index (χ2v) is 5.16. The summed E-state index contributed by atoms with van der Waals surface area (Å²) < 4.78 is 67.1. The first-order valence-corrected chi connectivity index (χ1v) is 7.09. The molecule has 0 heterocycles. The van der Waals surface area contributed by atoms with Crippen LogP contribution in [0.3, 0.4) is 0 Å². The van der Waals surface area contributed by atoms with Gasteiger partial charge in [-0.3, -0.25) is 4.79 Å². The summed E-state index contributed by atoms with van der Waals surface area (Å²) in [7, 11) is 0. The Balaban J connectivity index is 2.12. The molecule has 2 nitrogen and oxygen atoms in total. The smallest absolute Gasteiger partial charge is 0.352 e. The van der Waals surface area contributed by atoms with Crippen LogP contribution >= 0.6 is 0 Å². The first kappa shape index (κ1) is 17.9. The maximum absolute atomic E-state index is 14.6. The Morgan fingerprint density at radius 3 is 2.21 bits per heavy atom. The molecular weight excluding hydrogens is 329 g/mol. The number of nitrogens with one attached hydrogen (secondary N) is 1. The third kappa shape index (κ3) is 3.72. The van der Waals surface area contributed by atoms with Gasteiger partial charge in [-0.1, -0.05) is 42.5 Å². The summed E-state index contributed by atoms with van der Waals surface area (Å²) in [5.41, 5.74) is -4.46. The number of carbonyl (C=O) groups excluding carboxylic acids is 1. The van der Waals surface area contributed by atoms with Gasteiger partial charge in [0.15, 0.2) is 0 Å². The van der Waals surface area contributed by atoms with E-state index < -0.39 is 29.1 Å². The second kappa shape index (κ2) is 6.98. The molecule has 0 saturated heterocycles. The Morgan fingerprint density at radius 1 is 0.958 bits per heavy atom. The maximum atomic E-state index is 14.6. The molecule has 1 atom stereocenters. The Hall–Kier alpha value is -2.44. The summed E-state index contributed by atoms with van der Waals surface area (Å²) in [6, 6.07) is 11.1. The maximum Gasteiger partial charge on any atom is 0.436 e. The first-order valence-electron chi connectivity index (χ1n) is 7.09. The summed E-state index contributed by atoms with van der Waals surface area (Å²) in [5, 5.41) is 1.94. The fourth-order valence-corrected chi connectivity index (χ4v) is 2.23. The monoisotopic (exact) mass is 343 g/mol. The van der Waals surface area contributed by atoms with Crippen LogP contribution in [0.25, 0.3) is 0 Å². The van der Waals surface area contributed by atoms with Crippen molar-refractivity contribution in [2.45, 2.75) is 18.3 Å². The molecule has 0 saturated carbocycles. The predicted octanol–water partition coefficient (Wildman–Crippen LogP) is 3.91. The van der Waals surface area contributed by atoms with Crippen LogP contribution < -0.4 is 5.32 Å². The van der Waals surface area contributed by atoms with Gasteiger partial charge >= 0.3 is 11.8 Å². The topological polar surface area (TPSA) is 29.1 Å². The number of halogens is 5. The zero-order valence-electron chi connectivity index (χ0n) is 12.4. The lowest BCUT2D eigenvalue weighted by Crippen LogP contribution is -2.51. The van der Waals surface area contributed by atoms with Crippen molar-refractivity contribution in [1.82, 2.24) is 5.32 Å². The van der Waals surface area contributed by atoms with Crippen LogP contribution in [0.1, 0.15) is 11.1 Å². The van der Waals surface area contributed by atoms with Crippen molar-refractivity contribution in [1.29, 1.82) is 0 Å². The molecule has 1 unspecified atom stereocenters. The highest BCUT2D eigenvalue weighted by Gasteiger charge is 2.62. The normalized spacial score (nSPS) is 14.0. The Kier molecular flexibility index (Phi) is 5.21. The highest BCUT2D eigenvalue weighted by Crippen LogP contribution is 2.42. The average molecular weight is 343 g/mol. The van der Waals surface area contributed by atoms with Crippen molar-refractivity contribution in [2.24, 2.45) is 0 Å². The summed E-state index contributed by atoms with van der Waals surface area (Å²) >= 11 is 0. The molecule has 1 N–H and O–H groups in total. The molecule has 24 heavy (non-hydrogen) atoms. The molecule has 0 aromatic heterocycles. The van der Waals surface area contributed by atoms with Gasteiger partial charge in [-0.25, -0.2) is 8.78 Å². The molecule has 0 bridgehead atoms. The van der Waals surface area contributed by atoms with Crippen molar-refractivity contribution >= 4 is 5.91 Å². The first-order chi connectivity index (χ1) is 11.2. The lowest BCUT2D eigenvalue weighted by atomic mass is 9.94. The van der Waals surface area contributed by atoms with E-state index in [1.807, 2.05) is 5.32 Å². The van der Waals surface area contributed by atoms with E-state index in [1.165, 1.54) is 36.4 Å². The van der Waals surface area contributed by atoms with Gasteiger partial charge in [0.2, 0.25) is 0 Å². The number of rotatable bonds is 5. The minimum Gasteiger partial charge on any atom is -0.352 e. The number of amides is 1. The van der Waals surface area contributed by atoms with E-state index >= 15 is 0 Å². The zero-order chi connectivity index (χ0) is 17.8. The van der Waals surface area contributed by atoms with Gasteiger partial charge in [0.05, 0.1) is 0 Å². The molecule has 2 rings (SSSR count). The van der Waals surface area contributed by atoms with E-state index in [1.54, 1.807) is 6.07 Å². The van der Waals surface area contributed by atoms with Crippen molar-refractivity contribution in [3.05, 3.63) is 71.5 Å². The summed E-state index contributed by atoms with van der Waals surface area (Å²) in [6.07, 6.45) is -5.33. The van der Waals surface area contributed by atoms with E-state index in [9.17, 15) is 26.7 Å². The third-order valence-corrected chi connectivity index (χ3v) is 3.46. The second-order valence-electron chi connectivity index (χ2n) is 5.16. The van der Waals surface area contributed by atoms with Crippen LogP contribution in [-0.2, 0) is 16.9 Å². The lowest BCUT2D eigenvalue weighted by molar-refractivity contribution is -0.231. The molecule has 0 aliphatic carbocycles. The van der Waals surface area contributed by atoms with E-state index in [0.717, 1.165) is 12.1 Å². The molecule has 128 valence electrons. The highest BCUT2D eigenvalue weighted by molar-refractivity contribution is 5.87. The average Bonchev–Trinajstić information content (AvgIpc) is 2.53. The minimum atomic E-state index is -5.41. The van der Waals surface area contributed by atoms with Gasteiger partial charge in [-0.05, 0) is 24.1 Å². The van der Waals surface area contributed by atoms with Gasteiger partial charge in [0.25, 0.3) is 5.91 Å². The Morgan fingerprint density at radius 2 is 1.62 bits per heavy atom. The van der Waals surface area contributed by atoms with Gasteiger partial charge in [0, 0.05) is 12.1 Å². The molecular formula is C17H14F5NO. The summed E-state index contributed by atoms with van der Waals surface area (Å²) in [6.45, 7) is -0.253. The number of alkyl halides is 4. The van der Waals surface area contributed by atoms with Crippen molar-refractivity contribution in [3.8, 4) is 0 Å². The summed E-state index contributed by atoms with van der Waals surface area (Å²) in [5.74, 6) is -2.30. The largest absolute Gasteiger partial charge is 0.436 e. The predicted molar refractivity (Wildman–Crippen MR) is 78.4 cm³/mol. The number of hydrogen-bond donors (Lipinski definition) is 1. The van der Waals surface area contributed by atoms with Crippen LogP contribution in [0.5, 0.6) is 0 Å². The number of hydrogen-bond acceptors (Lipinski definition) is 1. The SMILES string of the molecule is O=C(NCCc1cccc(F)c1)C(F)(c1ccccc1)C(F)(F)F. The molecule has 0 fully saturated rings. The fraction of sp³-hybridized carbons (Fsp3) is 0.235. The standard InChI is InChI=1S/C17H14F5NO/c18-14-8-4-5-12(11-14)9-10-23-15(24)16(19,17(20,21)22)13-6-2-1-3-7-13/h1-8,11H,9-10H2,(H,23,24). The van der Waals surface area contributed by atoms with Crippen LogP contribution in [0.15, 0.2) is 54.6 Å². The Bertz CT molecular complexity index is 702. The molecule has 7 heteroatoms. The minimum absolute atomic E-state index is 0.0756. The molecule has 0 aliphatic rings. The molecule has 0 aliphatic heterocycles. The Labute approximate surface area is 135 Å². The molecule has 2 aromatic carbocycles. The van der Waals surface area contributed by atoms with Gasteiger partial charge in [0.1, 0.15) is 5.82 Å².